The van der Waals surface area contributed by atoms with E-state index >= 15 is 0 Å². The maximum atomic E-state index is 7.56. The molecule has 0 aliphatic carbocycles. The number of aromatic nitrogens is 2. The molecule has 0 amide bonds. The lowest BCUT2D eigenvalue weighted by Gasteiger charge is -2.13. The second-order valence-electron chi connectivity index (χ2n) is 4.21. The number of hydrogen-bond acceptors (Lipinski definition) is 6. The largest absolute Gasteiger partial charge is 0.388 e. The Labute approximate surface area is 128 Å². The van der Waals surface area contributed by atoms with E-state index in [1.807, 2.05) is 32.2 Å². The van der Waals surface area contributed by atoms with E-state index < -0.39 is 0 Å². The molecule has 0 bridgehead atoms. The van der Waals surface area contributed by atoms with Crippen molar-refractivity contribution in [3.63, 3.8) is 0 Å². The fourth-order valence-electron chi connectivity index (χ4n) is 1.89. The highest BCUT2D eigenvalue weighted by molar-refractivity contribution is 6.32. The Bertz CT molecular complexity index is 643. The Hall–Kier alpha value is -2.34. The van der Waals surface area contributed by atoms with Crippen LogP contribution >= 0.6 is 11.6 Å². The van der Waals surface area contributed by atoms with Gasteiger partial charge in [-0.15, -0.1) is 0 Å². The molecule has 6 nitrogen and oxygen atoms in total. The predicted molar refractivity (Wildman–Crippen MR) is 88.4 cm³/mol. The molecule has 1 aromatic carbocycles. The topological polar surface area (TPSA) is 85.7 Å². The molecule has 0 aliphatic heterocycles. The highest BCUT2D eigenvalue weighted by Crippen LogP contribution is 2.26. The fraction of sp³-hybridized carbons (Fsp3) is 0.214. The van der Waals surface area contributed by atoms with Crippen LogP contribution in [0.2, 0.25) is 5.02 Å². The lowest BCUT2D eigenvalue weighted by Crippen LogP contribution is -2.06. The first kappa shape index (κ1) is 15.1. The molecule has 2 aromatic rings. The second kappa shape index (κ2) is 6.90. The zero-order valence-corrected chi connectivity index (χ0v) is 12.6. The van der Waals surface area contributed by atoms with Crippen molar-refractivity contribution in [3.05, 3.63) is 35.0 Å². The van der Waals surface area contributed by atoms with E-state index in [9.17, 15) is 0 Å². The summed E-state index contributed by atoms with van der Waals surface area (Å²) in [6.07, 6.45) is 2.83. The summed E-state index contributed by atoms with van der Waals surface area (Å²) < 4.78 is 0. The number of halogens is 1. The molecular formula is C14H17ClN6. The summed E-state index contributed by atoms with van der Waals surface area (Å²) in [5.41, 5.74) is 2.35. The molecular weight excluding hydrogens is 288 g/mol. The zero-order valence-electron chi connectivity index (χ0n) is 11.9. The molecule has 1 aromatic heterocycles. The molecule has 0 spiro atoms. The summed E-state index contributed by atoms with van der Waals surface area (Å²) in [6.45, 7) is 2.69. The van der Waals surface area contributed by atoms with Gasteiger partial charge in [0, 0.05) is 31.1 Å². The number of benzene rings is 1. The molecule has 4 N–H and O–H groups in total. The first-order valence-electron chi connectivity index (χ1n) is 6.54. The third kappa shape index (κ3) is 3.41. The first-order valence-corrected chi connectivity index (χ1v) is 6.92. The van der Waals surface area contributed by atoms with Crippen LogP contribution < -0.4 is 16.0 Å². The highest BCUT2D eigenvalue weighted by Gasteiger charge is 2.09. The van der Waals surface area contributed by atoms with Gasteiger partial charge in [0.05, 0.1) is 11.9 Å². The number of nitrogens with zero attached hydrogens (tertiary/aromatic N) is 2. The molecule has 0 saturated carbocycles. The maximum Gasteiger partial charge on any atom is 0.229 e. The van der Waals surface area contributed by atoms with E-state index in [4.69, 9.17) is 17.0 Å². The third-order valence-corrected chi connectivity index (χ3v) is 3.13. The minimum atomic E-state index is 0.423. The molecule has 21 heavy (non-hydrogen) atoms. The van der Waals surface area contributed by atoms with Gasteiger partial charge < -0.3 is 21.4 Å². The second-order valence-corrected chi connectivity index (χ2v) is 4.61. The van der Waals surface area contributed by atoms with Crippen molar-refractivity contribution >= 4 is 41.0 Å². The van der Waals surface area contributed by atoms with E-state index in [2.05, 4.69) is 25.9 Å². The number of anilines is 4. The number of hydrogen-bond donors (Lipinski definition) is 4. The Morgan fingerprint density at radius 3 is 2.76 bits per heavy atom. The van der Waals surface area contributed by atoms with Crippen LogP contribution in [0.15, 0.2) is 24.4 Å². The lowest BCUT2D eigenvalue weighted by atomic mass is 10.1. The van der Waals surface area contributed by atoms with Crippen molar-refractivity contribution < 1.29 is 0 Å². The average Bonchev–Trinajstić information content (AvgIpc) is 2.50. The van der Waals surface area contributed by atoms with Crippen LogP contribution in [0, 0.1) is 5.41 Å². The van der Waals surface area contributed by atoms with Crippen LogP contribution in [0.1, 0.15) is 12.5 Å². The molecule has 110 valence electrons. The Balaban J connectivity index is 2.34. The van der Waals surface area contributed by atoms with Crippen molar-refractivity contribution in [3.8, 4) is 0 Å². The molecule has 0 aliphatic rings. The van der Waals surface area contributed by atoms with Gasteiger partial charge >= 0.3 is 0 Å². The van der Waals surface area contributed by atoms with Crippen molar-refractivity contribution in [2.75, 3.05) is 29.5 Å². The third-order valence-electron chi connectivity index (χ3n) is 2.85. The van der Waals surface area contributed by atoms with Gasteiger partial charge in [0.25, 0.3) is 0 Å². The van der Waals surface area contributed by atoms with Crippen LogP contribution in [0.5, 0.6) is 0 Å². The van der Waals surface area contributed by atoms with Crippen LogP contribution in [-0.2, 0) is 0 Å². The van der Waals surface area contributed by atoms with E-state index in [1.165, 1.54) is 6.21 Å². The van der Waals surface area contributed by atoms with Crippen LogP contribution in [0.3, 0.4) is 0 Å². The molecule has 0 fully saturated rings. The molecule has 2 rings (SSSR count). The monoisotopic (exact) mass is 304 g/mol. The Morgan fingerprint density at radius 1 is 1.33 bits per heavy atom. The van der Waals surface area contributed by atoms with Gasteiger partial charge in [-0.05, 0) is 19.1 Å². The van der Waals surface area contributed by atoms with Crippen molar-refractivity contribution in [2.24, 2.45) is 0 Å². The molecule has 7 heteroatoms. The summed E-state index contributed by atoms with van der Waals surface area (Å²) in [4.78, 5) is 8.49. The molecule has 0 unspecified atom stereocenters. The van der Waals surface area contributed by atoms with Gasteiger partial charge in [0.2, 0.25) is 5.95 Å². The van der Waals surface area contributed by atoms with Gasteiger partial charge in [-0.1, -0.05) is 17.7 Å². The Kier molecular flexibility index (Phi) is 4.94. The van der Waals surface area contributed by atoms with E-state index in [1.54, 1.807) is 6.20 Å². The summed E-state index contributed by atoms with van der Waals surface area (Å²) in [5.74, 6) is 1.00. The normalized spacial score (nSPS) is 10.0. The number of rotatable bonds is 6. The van der Waals surface area contributed by atoms with Crippen molar-refractivity contribution in [2.45, 2.75) is 6.92 Å². The van der Waals surface area contributed by atoms with Crippen LogP contribution in [0.4, 0.5) is 23.1 Å². The molecule has 0 atom stereocenters. The smallest absolute Gasteiger partial charge is 0.229 e. The molecule has 0 radical (unpaired) electrons. The summed E-state index contributed by atoms with van der Waals surface area (Å²) in [5, 5.41) is 17.3. The van der Waals surface area contributed by atoms with Gasteiger partial charge in [0.15, 0.2) is 0 Å². The fourth-order valence-corrected chi connectivity index (χ4v) is 2.04. The van der Waals surface area contributed by atoms with Crippen LogP contribution in [-0.4, -0.2) is 29.8 Å². The maximum absolute atomic E-state index is 7.56. The summed E-state index contributed by atoms with van der Waals surface area (Å²) >= 11 is 6.02. The summed E-state index contributed by atoms with van der Waals surface area (Å²) in [7, 11) is 1.81. The minimum Gasteiger partial charge on any atom is -0.388 e. The predicted octanol–water partition coefficient (Wildman–Crippen LogP) is 3.34. The minimum absolute atomic E-state index is 0.423. The van der Waals surface area contributed by atoms with Crippen molar-refractivity contribution in [1.29, 1.82) is 5.41 Å². The van der Waals surface area contributed by atoms with Gasteiger partial charge in [0.1, 0.15) is 10.8 Å². The first-order chi connectivity index (χ1) is 10.2. The standard InChI is InChI=1S/C14H17ClN6/c1-3-18-13-10(15)8-19-14(21-13)20-12-6-4-5-11(17-2)9(12)7-16/h4-8,16-17H,3H2,1-2H3,(H2,18,19,20,21). The zero-order chi connectivity index (χ0) is 15.2. The van der Waals surface area contributed by atoms with Crippen LogP contribution in [0.25, 0.3) is 0 Å². The SMILES string of the molecule is CCNc1nc(Nc2cccc(NC)c2C=N)ncc1Cl. The lowest BCUT2D eigenvalue weighted by molar-refractivity contribution is 1.11. The average molecular weight is 305 g/mol. The van der Waals surface area contributed by atoms with E-state index in [0.717, 1.165) is 23.5 Å². The van der Waals surface area contributed by atoms with E-state index in [0.29, 0.717) is 16.8 Å². The van der Waals surface area contributed by atoms with Crippen molar-refractivity contribution in [1.82, 2.24) is 9.97 Å². The van der Waals surface area contributed by atoms with Gasteiger partial charge in [-0.25, -0.2) is 4.98 Å². The Morgan fingerprint density at radius 2 is 2.10 bits per heavy atom. The molecule has 1 heterocycles. The van der Waals surface area contributed by atoms with Gasteiger partial charge in [-0.2, -0.15) is 4.98 Å². The molecule has 0 saturated heterocycles. The summed E-state index contributed by atoms with van der Waals surface area (Å²) in [6, 6.07) is 5.66. The van der Waals surface area contributed by atoms with E-state index in [-0.39, 0.29) is 0 Å². The van der Waals surface area contributed by atoms with Gasteiger partial charge in [-0.3, -0.25) is 0 Å². The number of nitrogens with one attached hydrogen (secondary N) is 4. The quantitative estimate of drug-likeness (QED) is 0.615. The highest BCUT2D eigenvalue weighted by atomic mass is 35.5.